The van der Waals surface area contributed by atoms with Crippen molar-refractivity contribution in [2.45, 2.75) is 37.9 Å². The number of nitrogens with one attached hydrogen (secondary N) is 2. The van der Waals surface area contributed by atoms with Gasteiger partial charge in [-0.3, -0.25) is 9.59 Å². The fourth-order valence-electron chi connectivity index (χ4n) is 5.27. The van der Waals surface area contributed by atoms with E-state index >= 15 is 0 Å². The maximum atomic E-state index is 13.7. The molecule has 0 aromatic heterocycles. The minimum absolute atomic E-state index is 0.177. The smallest absolute Gasteiger partial charge is 0.322 e. The first kappa shape index (κ1) is 26.9. The Morgan fingerprint density at radius 2 is 1.52 bits per heavy atom. The molecule has 204 valence electrons. The number of amides is 4. The zero-order valence-electron chi connectivity index (χ0n) is 22.6. The highest BCUT2D eigenvalue weighted by Gasteiger charge is 2.36. The summed E-state index contributed by atoms with van der Waals surface area (Å²) < 4.78 is 0. The number of hydrogen-bond acceptors (Lipinski definition) is 3. The normalized spacial score (nSPS) is 15.4. The minimum atomic E-state index is -0.776. The molecule has 2 atom stereocenters. The number of carbonyl (C=O) groups excluding carboxylic acids is 3. The van der Waals surface area contributed by atoms with E-state index in [0.29, 0.717) is 31.6 Å². The van der Waals surface area contributed by atoms with Gasteiger partial charge in [0.15, 0.2) is 0 Å². The number of fused-ring (bicyclic) bond motifs is 1. The molecule has 1 aliphatic heterocycles. The summed E-state index contributed by atoms with van der Waals surface area (Å²) in [5.74, 6) is -0.489. The van der Waals surface area contributed by atoms with Crippen molar-refractivity contribution in [2.24, 2.45) is 0 Å². The molecule has 4 aromatic rings. The zero-order valence-corrected chi connectivity index (χ0v) is 22.6. The van der Waals surface area contributed by atoms with Crippen molar-refractivity contribution in [3.05, 3.63) is 114 Å². The lowest BCUT2D eigenvalue weighted by Gasteiger charge is -2.29. The molecule has 4 amide bonds. The van der Waals surface area contributed by atoms with E-state index in [1.165, 1.54) is 0 Å². The standard InChI is InChI=1S/C33H34N4O3/c1-36(23-24-11-4-2-5-12-24)32(39)29(22-25-18-19-26-13-8-9-14-27(26)21-25)35-31(38)30-17-10-20-37(30)33(40)34-28-15-6-3-7-16-28/h2-9,11-16,18-19,21,29-30H,10,17,20,22-23H2,1H3,(H,34,40)(H,35,38)/t29-,30-/m0/s1. The number of hydrogen-bond donors (Lipinski definition) is 2. The summed E-state index contributed by atoms with van der Waals surface area (Å²) >= 11 is 0. The third-order valence-electron chi connectivity index (χ3n) is 7.35. The Hall–Kier alpha value is -4.65. The van der Waals surface area contributed by atoms with E-state index < -0.39 is 12.1 Å². The number of para-hydroxylation sites is 1. The van der Waals surface area contributed by atoms with Crippen LogP contribution in [0.15, 0.2) is 103 Å². The average Bonchev–Trinajstić information content (AvgIpc) is 3.48. The lowest BCUT2D eigenvalue weighted by atomic mass is 10.00. The van der Waals surface area contributed by atoms with Gasteiger partial charge in [0.25, 0.3) is 0 Å². The Morgan fingerprint density at radius 1 is 0.850 bits per heavy atom. The van der Waals surface area contributed by atoms with Gasteiger partial charge in [-0.05, 0) is 46.9 Å². The van der Waals surface area contributed by atoms with Crippen LogP contribution in [0.4, 0.5) is 10.5 Å². The highest BCUT2D eigenvalue weighted by molar-refractivity contribution is 5.96. The predicted octanol–water partition coefficient (Wildman–Crippen LogP) is 5.22. The van der Waals surface area contributed by atoms with E-state index in [4.69, 9.17) is 0 Å². The van der Waals surface area contributed by atoms with Crippen LogP contribution >= 0.6 is 0 Å². The molecule has 7 nitrogen and oxygen atoms in total. The largest absolute Gasteiger partial charge is 0.342 e. The van der Waals surface area contributed by atoms with E-state index in [0.717, 1.165) is 28.3 Å². The van der Waals surface area contributed by atoms with Crippen molar-refractivity contribution >= 4 is 34.3 Å². The number of anilines is 1. The summed E-state index contributed by atoms with van der Waals surface area (Å²) in [6, 6.07) is 31.4. The quantitative estimate of drug-likeness (QED) is 0.325. The molecule has 1 saturated heterocycles. The van der Waals surface area contributed by atoms with Gasteiger partial charge in [-0.25, -0.2) is 4.79 Å². The second kappa shape index (κ2) is 12.5. The van der Waals surface area contributed by atoms with Crippen molar-refractivity contribution in [1.82, 2.24) is 15.1 Å². The first-order valence-corrected chi connectivity index (χ1v) is 13.7. The van der Waals surface area contributed by atoms with Crippen LogP contribution < -0.4 is 10.6 Å². The molecule has 0 unspecified atom stereocenters. The molecule has 1 aliphatic rings. The summed E-state index contributed by atoms with van der Waals surface area (Å²) in [5, 5.41) is 8.09. The molecule has 40 heavy (non-hydrogen) atoms. The van der Waals surface area contributed by atoms with Crippen LogP contribution in [0.1, 0.15) is 24.0 Å². The summed E-state index contributed by atoms with van der Waals surface area (Å²) in [7, 11) is 1.75. The molecule has 1 fully saturated rings. The number of likely N-dealkylation sites (N-methyl/N-ethyl adjacent to an activating group) is 1. The van der Waals surface area contributed by atoms with Gasteiger partial charge in [0.2, 0.25) is 11.8 Å². The van der Waals surface area contributed by atoms with Gasteiger partial charge in [-0.15, -0.1) is 0 Å². The molecule has 5 rings (SSSR count). The Balaban J connectivity index is 1.34. The van der Waals surface area contributed by atoms with E-state index in [-0.39, 0.29) is 17.8 Å². The molecule has 0 aliphatic carbocycles. The zero-order chi connectivity index (χ0) is 27.9. The number of nitrogens with zero attached hydrogens (tertiary/aromatic N) is 2. The van der Waals surface area contributed by atoms with Gasteiger partial charge in [0.05, 0.1) is 0 Å². The van der Waals surface area contributed by atoms with Crippen molar-refractivity contribution in [2.75, 3.05) is 18.9 Å². The Kier molecular flexibility index (Phi) is 8.40. The van der Waals surface area contributed by atoms with Crippen molar-refractivity contribution in [3.8, 4) is 0 Å². The third-order valence-corrected chi connectivity index (χ3v) is 7.35. The van der Waals surface area contributed by atoms with Crippen LogP contribution in [0.3, 0.4) is 0 Å². The van der Waals surface area contributed by atoms with Crippen molar-refractivity contribution < 1.29 is 14.4 Å². The molecule has 2 N–H and O–H groups in total. The fraction of sp³-hybridized carbons (Fsp3) is 0.242. The number of likely N-dealkylation sites (tertiary alicyclic amines) is 1. The van der Waals surface area contributed by atoms with Crippen LogP contribution in [0.5, 0.6) is 0 Å². The van der Waals surface area contributed by atoms with Gasteiger partial charge in [0.1, 0.15) is 12.1 Å². The Bertz CT molecular complexity index is 1480. The number of rotatable bonds is 8. The van der Waals surface area contributed by atoms with Gasteiger partial charge in [0, 0.05) is 32.2 Å². The second-order valence-electron chi connectivity index (χ2n) is 10.3. The molecule has 1 heterocycles. The van der Waals surface area contributed by atoms with Crippen LogP contribution in [0.2, 0.25) is 0 Å². The predicted molar refractivity (Wildman–Crippen MR) is 158 cm³/mol. The topological polar surface area (TPSA) is 81.8 Å². The third kappa shape index (κ3) is 6.49. The Labute approximate surface area is 234 Å². The minimum Gasteiger partial charge on any atom is -0.342 e. The van der Waals surface area contributed by atoms with Gasteiger partial charge < -0.3 is 20.4 Å². The monoisotopic (exact) mass is 534 g/mol. The van der Waals surface area contributed by atoms with E-state index in [2.05, 4.69) is 16.7 Å². The molecule has 0 saturated carbocycles. The number of urea groups is 1. The lowest BCUT2D eigenvalue weighted by Crippen LogP contribution is -2.54. The molecule has 0 spiro atoms. The van der Waals surface area contributed by atoms with E-state index in [9.17, 15) is 14.4 Å². The fourth-order valence-corrected chi connectivity index (χ4v) is 5.27. The van der Waals surface area contributed by atoms with Crippen LogP contribution in [-0.2, 0) is 22.6 Å². The van der Waals surface area contributed by atoms with E-state index in [1.807, 2.05) is 97.1 Å². The van der Waals surface area contributed by atoms with Crippen LogP contribution in [0.25, 0.3) is 10.8 Å². The second-order valence-corrected chi connectivity index (χ2v) is 10.3. The van der Waals surface area contributed by atoms with Crippen molar-refractivity contribution in [3.63, 3.8) is 0 Å². The highest BCUT2D eigenvalue weighted by atomic mass is 16.2. The summed E-state index contributed by atoms with van der Waals surface area (Å²) in [6.45, 7) is 0.909. The van der Waals surface area contributed by atoms with Gasteiger partial charge in [-0.2, -0.15) is 0 Å². The number of benzene rings is 4. The molecular formula is C33H34N4O3. The molecule has 4 aromatic carbocycles. The number of carbonyl (C=O) groups is 3. The summed E-state index contributed by atoms with van der Waals surface area (Å²) in [6.07, 6.45) is 1.61. The summed E-state index contributed by atoms with van der Waals surface area (Å²) in [5.41, 5.74) is 2.63. The molecular weight excluding hydrogens is 500 g/mol. The van der Waals surface area contributed by atoms with Crippen LogP contribution in [-0.4, -0.2) is 53.3 Å². The highest BCUT2D eigenvalue weighted by Crippen LogP contribution is 2.21. The summed E-state index contributed by atoms with van der Waals surface area (Å²) in [4.78, 5) is 43.6. The van der Waals surface area contributed by atoms with Crippen molar-refractivity contribution in [1.29, 1.82) is 0 Å². The Morgan fingerprint density at radius 3 is 2.27 bits per heavy atom. The van der Waals surface area contributed by atoms with E-state index in [1.54, 1.807) is 16.8 Å². The first-order valence-electron chi connectivity index (χ1n) is 13.7. The van der Waals surface area contributed by atoms with Gasteiger partial charge in [-0.1, -0.05) is 91.0 Å². The van der Waals surface area contributed by atoms with Crippen LogP contribution in [0, 0.1) is 0 Å². The van der Waals surface area contributed by atoms with Gasteiger partial charge >= 0.3 is 6.03 Å². The molecule has 7 heteroatoms. The average molecular weight is 535 g/mol. The maximum absolute atomic E-state index is 13.7. The lowest BCUT2D eigenvalue weighted by molar-refractivity contribution is -0.136. The molecule has 0 radical (unpaired) electrons. The first-order chi connectivity index (χ1) is 19.5. The SMILES string of the molecule is CN(Cc1ccccc1)C(=O)[C@H](Cc1ccc2ccccc2c1)NC(=O)[C@@H]1CCCN1C(=O)Nc1ccccc1. The maximum Gasteiger partial charge on any atom is 0.322 e. The molecule has 0 bridgehead atoms.